The van der Waals surface area contributed by atoms with Gasteiger partial charge in [-0.3, -0.25) is 4.55 Å². The van der Waals surface area contributed by atoms with Gasteiger partial charge >= 0.3 is 0 Å². The SMILES string of the molecule is CCCCCCCCCCCCCCCC.CN(C)CCCS(=O)(=O)O. The van der Waals surface area contributed by atoms with E-state index in [4.69, 9.17) is 4.55 Å². The lowest BCUT2D eigenvalue weighted by Crippen LogP contribution is -2.16. The third-order valence-electron chi connectivity index (χ3n) is 4.46. The molecule has 5 heteroatoms. The highest BCUT2D eigenvalue weighted by Crippen LogP contribution is 2.12. The Labute approximate surface area is 164 Å². The monoisotopic (exact) mass is 393 g/mol. The van der Waals surface area contributed by atoms with E-state index in [0.717, 1.165) is 0 Å². The summed E-state index contributed by atoms with van der Waals surface area (Å²) in [6.07, 6.45) is 20.9. The number of hydrogen-bond donors (Lipinski definition) is 1. The zero-order valence-corrected chi connectivity index (χ0v) is 19.0. The fraction of sp³-hybridized carbons (Fsp3) is 1.00. The number of nitrogens with zero attached hydrogens (tertiary/aromatic N) is 1. The predicted molar refractivity (Wildman–Crippen MR) is 116 cm³/mol. The van der Waals surface area contributed by atoms with Crippen LogP contribution in [0.4, 0.5) is 0 Å². The fourth-order valence-electron chi connectivity index (χ4n) is 2.83. The molecule has 0 aromatic rings. The molecule has 0 unspecified atom stereocenters. The first-order valence-corrected chi connectivity index (χ1v) is 12.5. The van der Waals surface area contributed by atoms with E-state index in [2.05, 4.69) is 13.8 Å². The summed E-state index contributed by atoms with van der Waals surface area (Å²) < 4.78 is 28.6. The molecule has 0 heterocycles. The third-order valence-corrected chi connectivity index (χ3v) is 5.27. The predicted octanol–water partition coefficient (Wildman–Crippen LogP) is 6.31. The van der Waals surface area contributed by atoms with Crippen molar-refractivity contribution >= 4 is 10.1 Å². The van der Waals surface area contributed by atoms with Crippen LogP contribution in [0.2, 0.25) is 0 Å². The van der Waals surface area contributed by atoms with Gasteiger partial charge in [-0.05, 0) is 27.1 Å². The Morgan fingerprint density at radius 3 is 1.15 bits per heavy atom. The van der Waals surface area contributed by atoms with Crippen molar-refractivity contribution in [2.24, 2.45) is 0 Å². The lowest BCUT2D eigenvalue weighted by Gasteiger charge is -2.06. The van der Waals surface area contributed by atoms with Crippen molar-refractivity contribution in [2.75, 3.05) is 26.4 Å². The molecule has 0 fully saturated rings. The van der Waals surface area contributed by atoms with E-state index in [9.17, 15) is 8.42 Å². The Morgan fingerprint density at radius 2 is 0.923 bits per heavy atom. The van der Waals surface area contributed by atoms with Crippen LogP contribution >= 0.6 is 0 Å². The Morgan fingerprint density at radius 1 is 0.615 bits per heavy atom. The van der Waals surface area contributed by atoms with Crippen LogP contribution in [0.25, 0.3) is 0 Å². The van der Waals surface area contributed by atoms with Gasteiger partial charge in [-0.25, -0.2) is 0 Å². The zero-order valence-electron chi connectivity index (χ0n) is 18.1. The molecule has 0 aromatic heterocycles. The molecule has 0 spiro atoms. The van der Waals surface area contributed by atoms with Crippen molar-refractivity contribution in [1.29, 1.82) is 0 Å². The Hall–Kier alpha value is -0.130. The molecule has 4 nitrogen and oxygen atoms in total. The molecule has 0 atom stereocenters. The van der Waals surface area contributed by atoms with Crippen molar-refractivity contribution in [1.82, 2.24) is 4.90 Å². The normalized spacial score (nSPS) is 11.5. The minimum Gasteiger partial charge on any atom is -0.309 e. The molecule has 0 aliphatic carbocycles. The Kier molecular flexibility index (Phi) is 22.9. The van der Waals surface area contributed by atoms with Gasteiger partial charge in [-0.15, -0.1) is 0 Å². The molecule has 0 radical (unpaired) electrons. The molecule has 1 N–H and O–H groups in total. The van der Waals surface area contributed by atoms with Crippen LogP contribution in [0.1, 0.15) is 110 Å². The molecule has 0 amide bonds. The molecule has 0 rings (SSSR count). The van der Waals surface area contributed by atoms with Crippen LogP contribution in [0.3, 0.4) is 0 Å². The summed E-state index contributed by atoms with van der Waals surface area (Å²) in [5, 5.41) is 0. The van der Waals surface area contributed by atoms with Crippen molar-refractivity contribution in [3.05, 3.63) is 0 Å². The van der Waals surface area contributed by atoms with Gasteiger partial charge in [0.1, 0.15) is 0 Å². The molecule has 0 saturated heterocycles. The molecule has 26 heavy (non-hydrogen) atoms. The zero-order chi connectivity index (χ0) is 20.1. The van der Waals surface area contributed by atoms with Crippen molar-refractivity contribution in [2.45, 2.75) is 110 Å². The summed E-state index contributed by atoms with van der Waals surface area (Å²) >= 11 is 0. The van der Waals surface area contributed by atoms with E-state index in [1.807, 2.05) is 19.0 Å². The van der Waals surface area contributed by atoms with Crippen molar-refractivity contribution < 1.29 is 13.0 Å². The molecule has 0 bridgehead atoms. The van der Waals surface area contributed by atoms with E-state index >= 15 is 0 Å². The minimum absolute atomic E-state index is 0.148. The topological polar surface area (TPSA) is 57.6 Å². The highest BCUT2D eigenvalue weighted by molar-refractivity contribution is 7.85. The first-order valence-electron chi connectivity index (χ1n) is 10.9. The molecule has 0 aliphatic rings. The van der Waals surface area contributed by atoms with Crippen LogP contribution in [-0.2, 0) is 10.1 Å². The van der Waals surface area contributed by atoms with E-state index in [1.54, 1.807) is 0 Å². The second-order valence-corrected chi connectivity index (χ2v) is 9.26. The van der Waals surface area contributed by atoms with Gasteiger partial charge in [0, 0.05) is 0 Å². The first-order chi connectivity index (χ1) is 12.3. The van der Waals surface area contributed by atoms with E-state index in [0.29, 0.717) is 13.0 Å². The molecular weight excluding hydrogens is 346 g/mol. The quantitative estimate of drug-likeness (QED) is 0.232. The van der Waals surface area contributed by atoms with E-state index in [-0.39, 0.29) is 5.75 Å². The van der Waals surface area contributed by atoms with Gasteiger partial charge in [0.05, 0.1) is 5.75 Å². The van der Waals surface area contributed by atoms with Crippen LogP contribution < -0.4 is 0 Å². The second-order valence-electron chi connectivity index (χ2n) is 7.69. The maximum Gasteiger partial charge on any atom is 0.264 e. The van der Waals surface area contributed by atoms with Gasteiger partial charge in [0.15, 0.2) is 0 Å². The summed E-state index contributed by atoms with van der Waals surface area (Å²) in [6.45, 7) is 5.26. The summed E-state index contributed by atoms with van der Waals surface area (Å²) in [6, 6.07) is 0. The van der Waals surface area contributed by atoms with Gasteiger partial charge < -0.3 is 4.90 Å². The lowest BCUT2D eigenvalue weighted by atomic mass is 10.0. The first kappa shape index (κ1) is 28.1. The van der Waals surface area contributed by atoms with Crippen LogP contribution in [0.15, 0.2) is 0 Å². The van der Waals surface area contributed by atoms with Crippen LogP contribution in [-0.4, -0.2) is 44.3 Å². The standard InChI is InChI=1S/C16H34.C5H13NO3S/c1-3-5-7-9-11-13-15-16-14-12-10-8-6-4-2;1-6(2)4-3-5-10(7,8)9/h3-16H2,1-2H3;3-5H2,1-2H3,(H,7,8,9). The second kappa shape index (κ2) is 21.2. The fourth-order valence-corrected chi connectivity index (χ4v) is 3.32. The molecule has 160 valence electrons. The molecule has 0 aromatic carbocycles. The summed E-state index contributed by atoms with van der Waals surface area (Å²) in [7, 11) is -0.0441. The van der Waals surface area contributed by atoms with Gasteiger partial charge in [-0.1, -0.05) is 104 Å². The number of hydrogen-bond acceptors (Lipinski definition) is 3. The van der Waals surface area contributed by atoms with Gasteiger partial charge in [-0.2, -0.15) is 8.42 Å². The number of unbranched alkanes of at least 4 members (excludes halogenated alkanes) is 13. The summed E-state index contributed by atoms with van der Waals surface area (Å²) in [4.78, 5) is 1.87. The Balaban J connectivity index is 0. The highest BCUT2D eigenvalue weighted by atomic mass is 32.2. The van der Waals surface area contributed by atoms with Crippen LogP contribution in [0.5, 0.6) is 0 Å². The summed E-state index contributed by atoms with van der Waals surface area (Å²) in [5.74, 6) is -0.148. The average Bonchev–Trinajstić information content (AvgIpc) is 2.55. The lowest BCUT2D eigenvalue weighted by molar-refractivity contribution is 0.404. The minimum atomic E-state index is -3.75. The molecule has 0 saturated carbocycles. The maximum atomic E-state index is 10.1. The van der Waals surface area contributed by atoms with Crippen LogP contribution in [0, 0.1) is 0 Å². The van der Waals surface area contributed by atoms with Crippen molar-refractivity contribution in [3.8, 4) is 0 Å². The van der Waals surface area contributed by atoms with E-state index < -0.39 is 10.1 Å². The van der Waals surface area contributed by atoms with E-state index in [1.165, 1.54) is 89.9 Å². The largest absolute Gasteiger partial charge is 0.309 e. The Bertz CT molecular complexity index is 342. The molecule has 0 aliphatic heterocycles. The third kappa shape index (κ3) is 31.6. The van der Waals surface area contributed by atoms with Gasteiger partial charge in [0.2, 0.25) is 0 Å². The van der Waals surface area contributed by atoms with Crippen molar-refractivity contribution in [3.63, 3.8) is 0 Å². The summed E-state index contributed by atoms with van der Waals surface area (Å²) in [5.41, 5.74) is 0. The smallest absolute Gasteiger partial charge is 0.264 e. The maximum absolute atomic E-state index is 10.1. The highest BCUT2D eigenvalue weighted by Gasteiger charge is 2.03. The molecular formula is C21H47NO3S. The van der Waals surface area contributed by atoms with Gasteiger partial charge in [0.25, 0.3) is 10.1 Å². The number of rotatable bonds is 17. The average molecular weight is 394 g/mol.